The van der Waals surface area contributed by atoms with Crippen LogP contribution in [-0.2, 0) is 6.54 Å². The number of carbonyl (C=O) groups is 1. The van der Waals surface area contributed by atoms with Gasteiger partial charge >= 0.3 is 0 Å². The van der Waals surface area contributed by atoms with Crippen molar-refractivity contribution < 1.29 is 9.32 Å². The second kappa shape index (κ2) is 5.39. The average molecular weight is 308 g/mol. The summed E-state index contributed by atoms with van der Waals surface area (Å²) in [5, 5.41) is 3.84. The number of aromatic amines is 1. The van der Waals surface area contributed by atoms with E-state index in [1.165, 1.54) is 0 Å². The topological polar surface area (TPSA) is 75.0 Å². The number of amides is 1. The minimum Gasteiger partial charge on any atom is -0.361 e. The molecule has 6 heteroatoms. The predicted molar refractivity (Wildman–Crippen MR) is 82.9 cm³/mol. The third-order valence-corrected chi connectivity index (χ3v) is 4.17. The Kier molecular flexibility index (Phi) is 3.22. The first-order chi connectivity index (χ1) is 11.2. The largest absolute Gasteiger partial charge is 0.361 e. The Morgan fingerprint density at radius 2 is 2.17 bits per heavy atom. The average Bonchev–Trinajstić information content (AvgIpc) is 3.22. The maximum Gasteiger partial charge on any atom is 0.276 e. The summed E-state index contributed by atoms with van der Waals surface area (Å²) in [5.41, 5.74) is 3.47. The first-order valence-corrected chi connectivity index (χ1v) is 7.52. The lowest BCUT2D eigenvalue weighted by Crippen LogP contribution is -2.38. The molecule has 0 fully saturated rings. The second-order valence-electron chi connectivity index (χ2n) is 5.74. The Balaban J connectivity index is 1.68. The Bertz CT molecular complexity index is 837. The lowest BCUT2D eigenvalue weighted by atomic mass is 9.91. The summed E-state index contributed by atoms with van der Waals surface area (Å²) in [4.78, 5) is 22.1. The van der Waals surface area contributed by atoms with Crippen LogP contribution in [0.25, 0.3) is 0 Å². The zero-order valence-corrected chi connectivity index (χ0v) is 12.7. The van der Waals surface area contributed by atoms with Crippen LogP contribution in [0.1, 0.15) is 39.1 Å². The Morgan fingerprint density at radius 3 is 2.91 bits per heavy atom. The number of nitrogens with zero attached hydrogens (tertiary/aromatic N) is 3. The molecule has 0 spiro atoms. The lowest BCUT2D eigenvalue weighted by Gasteiger charge is -2.31. The van der Waals surface area contributed by atoms with E-state index in [-0.39, 0.29) is 11.8 Å². The van der Waals surface area contributed by atoms with Crippen molar-refractivity contribution in [3.63, 3.8) is 0 Å². The monoisotopic (exact) mass is 308 g/mol. The molecule has 1 aromatic carbocycles. The predicted octanol–water partition coefficient (Wildman–Crippen LogP) is 2.49. The highest BCUT2D eigenvalue weighted by Crippen LogP contribution is 2.31. The van der Waals surface area contributed by atoms with Crippen LogP contribution in [0.2, 0.25) is 0 Å². The number of hydrogen-bond acceptors (Lipinski definition) is 4. The fourth-order valence-electron chi connectivity index (χ4n) is 3.05. The van der Waals surface area contributed by atoms with E-state index in [0.29, 0.717) is 24.5 Å². The van der Waals surface area contributed by atoms with Gasteiger partial charge in [-0.25, -0.2) is 4.98 Å². The minimum atomic E-state index is -0.122. The van der Waals surface area contributed by atoms with Crippen LogP contribution in [0, 0.1) is 6.92 Å². The molecule has 0 bridgehead atoms. The molecule has 1 atom stereocenters. The van der Waals surface area contributed by atoms with Gasteiger partial charge in [-0.15, -0.1) is 0 Å². The molecule has 0 saturated carbocycles. The maximum atomic E-state index is 12.7. The highest BCUT2D eigenvalue weighted by Gasteiger charge is 2.32. The Hall–Kier alpha value is -2.89. The molecule has 1 amide bonds. The quantitative estimate of drug-likeness (QED) is 0.789. The standard InChI is InChI=1S/C17H16N4O2/c1-11-7-14(20-23-11)17(22)21-8-13(12-5-3-2-4-6-12)16-15(9-21)18-10-19-16/h2-7,10,13H,8-9H2,1H3,(H,18,19). The molecule has 1 unspecified atom stereocenters. The molecule has 0 saturated heterocycles. The van der Waals surface area contributed by atoms with Gasteiger partial charge in [0.2, 0.25) is 0 Å². The highest BCUT2D eigenvalue weighted by molar-refractivity contribution is 5.92. The van der Waals surface area contributed by atoms with Crippen LogP contribution < -0.4 is 0 Å². The van der Waals surface area contributed by atoms with E-state index in [0.717, 1.165) is 17.0 Å². The summed E-state index contributed by atoms with van der Waals surface area (Å²) in [7, 11) is 0. The van der Waals surface area contributed by atoms with Crippen LogP contribution in [0.4, 0.5) is 0 Å². The number of aryl methyl sites for hydroxylation is 1. The van der Waals surface area contributed by atoms with Gasteiger partial charge in [-0.1, -0.05) is 35.5 Å². The molecule has 1 N–H and O–H groups in total. The fourth-order valence-corrected chi connectivity index (χ4v) is 3.05. The zero-order valence-electron chi connectivity index (χ0n) is 12.7. The zero-order chi connectivity index (χ0) is 15.8. The van der Waals surface area contributed by atoms with Gasteiger partial charge in [-0.3, -0.25) is 4.79 Å². The van der Waals surface area contributed by atoms with Crippen LogP contribution in [0.15, 0.2) is 47.2 Å². The summed E-state index contributed by atoms with van der Waals surface area (Å²) < 4.78 is 5.02. The molecule has 116 valence electrons. The van der Waals surface area contributed by atoms with Gasteiger partial charge in [0, 0.05) is 18.5 Å². The smallest absolute Gasteiger partial charge is 0.276 e. The van der Waals surface area contributed by atoms with E-state index in [1.807, 2.05) is 18.2 Å². The molecule has 4 rings (SSSR count). The first kappa shape index (κ1) is 13.8. The number of nitrogens with one attached hydrogen (secondary N) is 1. The number of H-pyrrole nitrogens is 1. The number of carbonyl (C=O) groups excluding carboxylic acids is 1. The van der Waals surface area contributed by atoms with E-state index in [2.05, 4.69) is 27.3 Å². The normalized spacial score (nSPS) is 17.1. The summed E-state index contributed by atoms with van der Waals surface area (Å²) in [6.45, 7) is 2.86. The van der Waals surface area contributed by atoms with Crippen LogP contribution in [0.3, 0.4) is 0 Å². The molecule has 3 heterocycles. The number of rotatable bonds is 2. The third kappa shape index (κ3) is 2.42. The molecule has 0 aliphatic carbocycles. The minimum absolute atomic E-state index is 0.0585. The summed E-state index contributed by atoms with van der Waals surface area (Å²) in [5.74, 6) is 0.568. The van der Waals surface area contributed by atoms with Crippen molar-refractivity contribution in [3.05, 3.63) is 71.1 Å². The maximum absolute atomic E-state index is 12.7. The second-order valence-corrected chi connectivity index (χ2v) is 5.74. The van der Waals surface area contributed by atoms with Gasteiger partial charge in [-0.05, 0) is 12.5 Å². The van der Waals surface area contributed by atoms with Gasteiger partial charge in [0.05, 0.1) is 24.3 Å². The van der Waals surface area contributed by atoms with Gasteiger partial charge in [-0.2, -0.15) is 0 Å². The van der Waals surface area contributed by atoms with Gasteiger partial charge in [0.15, 0.2) is 5.69 Å². The summed E-state index contributed by atoms with van der Waals surface area (Å²) >= 11 is 0. The van der Waals surface area contributed by atoms with Gasteiger partial charge in [0.1, 0.15) is 5.76 Å². The molecular formula is C17H16N4O2. The summed E-state index contributed by atoms with van der Waals surface area (Å²) in [6, 6.07) is 11.8. The van der Waals surface area contributed by atoms with Gasteiger partial charge in [0.25, 0.3) is 5.91 Å². The van der Waals surface area contributed by atoms with Crippen molar-refractivity contribution in [2.45, 2.75) is 19.4 Å². The highest BCUT2D eigenvalue weighted by atomic mass is 16.5. The van der Waals surface area contributed by atoms with E-state index in [9.17, 15) is 4.79 Å². The summed E-state index contributed by atoms with van der Waals surface area (Å²) in [6.07, 6.45) is 1.69. The van der Waals surface area contributed by atoms with Crippen molar-refractivity contribution in [2.24, 2.45) is 0 Å². The van der Waals surface area contributed by atoms with Crippen molar-refractivity contribution in [1.29, 1.82) is 0 Å². The molecule has 2 aromatic heterocycles. The van der Waals surface area contributed by atoms with Crippen molar-refractivity contribution in [2.75, 3.05) is 6.54 Å². The number of aromatic nitrogens is 3. The van der Waals surface area contributed by atoms with Crippen LogP contribution in [-0.4, -0.2) is 32.5 Å². The van der Waals surface area contributed by atoms with Crippen molar-refractivity contribution in [1.82, 2.24) is 20.0 Å². The van der Waals surface area contributed by atoms with Crippen molar-refractivity contribution >= 4 is 5.91 Å². The van der Waals surface area contributed by atoms with Crippen LogP contribution >= 0.6 is 0 Å². The number of fused-ring (bicyclic) bond motifs is 1. The van der Waals surface area contributed by atoms with Gasteiger partial charge < -0.3 is 14.4 Å². The van der Waals surface area contributed by atoms with E-state index in [4.69, 9.17) is 4.52 Å². The number of hydrogen-bond donors (Lipinski definition) is 1. The molecular weight excluding hydrogens is 292 g/mol. The molecule has 0 radical (unpaired) electrons. The molecule has 6 nitrogen and oxygen atoms in total. The lowest BCUT2D eigenvalue weighted by molar-refractivity contribution is 0.0711. The first-order valence-electron chi connectivity index (χ1n) is 7.52. The Labute approximate surface area is 133 Å². The molecule has 1 aliphatic rings. The van der Waals surface area contributed by atoms with Crippen LogP contribution in [0.5, 0.6) is 0 Å². The fraction of sp³-hybridized carbons (Fsp3) is 0.235. The van der Waals surface area contributed by atoms with Crippen molar-refractivity contribution in [3.8, 4) is 0 Å². The molecule has 1 aliphatic heterocycles. The van der Waals surface area contributed by atoms with E-state index in [1.54, 1.807) is 24.2 Å². The number of benzene rings is 1. The van der Waals surface area contributed by atoms with E-state index < -0.39 is 0 Å². The Morgan fingerprint density at radius 1 is 1.35 bits per heavy atom. The molecule has 3 aromatic rings. The third-order valence-electron chi connectivity index (χ3n) is 4.17. The van der Waals surface area contributed by atoms with E-state index >= 15 is 0 Å². The SMILES string of the molecule is Cc1cc(C(=O)N2Cc3[nH]cnc3C(c3ccccc3)C2)no1. The number of imidazole rings is 1. The molecule has 23 heavy (non-hydrogen) atoms.